The summed E-state index contributed by atoms with van der Waals surface area (Å²) in [5.41, 5.74) is 5.85. The van der Waals surface area contributed by atoms with Crippen LogP contribution in [-0.2, 0) is 10.3 Å². The monoisotopic (exact) mass is 277 g/mol. The molecule has 0 saturated heterocycles. The Labute approximate surface area is 122 Å². The summed E-state index contributed by atoms with van der Waals surface area (Å²) in [7, 11) is 2.04. The summed E-state index contributed by atoms with van der Waals surface area (Å²) in [5.74, 6) is -0.325. The van der Waals surface area contributed by atoms with E-state index >= 15 is 0 Å². The van der Waals surface area contributed by atoms with Gasteiger partial charge < -0.3 is 10.6 Å². The summed E-state index contributed by atoms with van der Waals surface area (Å²) in [6.45, 7) is 6.40. The van der Waals surface area contributed by atoms with Crippen LogP contribution in [0.3, 0.4) is 0 Å². The Balaban J connectivity index is 3.03. The van der Waals surface area contributed by atoms with Gasteiger partial charge in [0.1, 0.15) is 5.54 Å². The van der Waals surface area contributed by atoms with E-state index in [1.807, 2.05) is 44.3 Å². The molecule has 4 heteroatoms. The number of hydrogen-bond acceptors (Lipinski definition) is 3. The number of unbranched alkanes of at least 4 members (excludes halogenated alkanes) is 1. The van der Waals surface area contributed by atoms with Crippen LogP contribution >= 0.6 is 0 Å². The molecule has 0 heterocycles. The second-order valence-electron chi connectivity index (χ2n) is 5.26. The van der Waals surface area contributed by atoms with Crippen molar-refractivity contribution in [2.45, 2.75) is 32.2 Å². The van der Waals surface area contributed by atoms with Crippen LogP contribution in [0.2, 0.25) is 0 Å². The molecule has 112 valence electrons. The number of carbonyl (C=O) groups is 1. The number of carbonyl (C=O) groups excluding carboxylic acids is 1. The molecule has 0 spiro atoms. The van der Waals surface area contributed by atoms with Crippen LogP contribution in [0, 0.1) is 0 Å². The number of hydrogen-bond donors (Lipinski definition) is 2. The first kappa shape index (κ1) is 16.7. The predicted octanol–water partition coefficient (Wildman–Crippen LogP) is 1.71. The van der Waals surface area contributed by atoms with Crippen molar-refractivity contribution in [3.63, 3.8) is 0 Å². The van der Waals surface area contributed by atoms with Gasteiger partial charge in [-0.1, -0.05) is 50.6 Å². The quantitative estimate of drug-likeness (QED) is 0.722. The smallest absolute Gasteiger partial charge is 0.243 e. The van der Waals surface area contributed by atoms with E-state index in [9.17, 15) is 4.79 Å². The summed E-state index contributed by atoms with van der Waals surface area (Å²) in [4.78, 5) is 14.3. The van der Waals surface area contributed by atoms with Crippen molar-refractivity contribution < 1.29 is 4.79 Å². The van der Waals surface area contributed by atoms with Gasteiger partial charge in [0.2, 0.25) is 5.91 Å². The maximum Gasteiger partial charge on any atom is 0.243 e. The van der Waals surface area contributed by atoms with Gasteiger partial charge in [-0.25, -0.2) is 0 Å². The number of benzene rings is 1. The van der Waals surface area contributed by atoms with E-state index in [1.165, 1.54) is 0 Å². The van der Waals surface area contributed by atoms with Gasteiger partial charge in [-0.3, -0.25) is 10.1 Å². The van der Waals surface area contributed by atoms with Gasteiger partial charge >= 0.3 is 0 Å². The number of nitrogens with zero attached hydrogens (tertiary/aromatic N) is 1. The molecule has 0 saturated carbocycles. The fraction of sp³-hybridized carbons (Fsp3) is 0.562. The molecule has 1 unspecified atom stereocenters. The lowest BCUT2D eigenvalue weighted by molar-refractivity contribution is -0.125. The minimum atomic E-state index is -0.821. The topological polar surface area (TPSA) is 58.4 Å². The number of rotatable bonds is 9. The molecule has 0 bridgehead atoms. The number of amides is 1. The van der Waals surface area contributed by atoms with Crippen LogP contribution in [0.25, 0.3) is 0 Å². The maximum absolute atomic E-state index is 12.2. The van der Waals surface area contributed by atoms with Gasteiger partial charge in [-0.2, -0.15) is 0 Å². The minimum absolute atomic E-state index is 0.325. The van der Waals surface area contributed by atoms with Crippen molar-refractivity contribution in [3.05, 3.63) is 35.9 Å². The highest BCUT2D eigenvalue weighted by molar-refractivity contribution is 5.86. The second kappa shape index (κ2) is 8.02. The largest absolute Gasteiger partial charge is 0.368 e. The SMILES string of the molecule is CCCCN(C)CC(NCC)(C(N)=O)c1ccccc1. The van der Waals surface area contributed by atoms with Crippen LogP contribution in [0.15, 0.2) is 30.3 Å². The molecule has 4 nitrogen and oxygen atoms in total. The van der Waals surface area contributed by atoms with Gasteiger partial charge in [0.15, 0.2) is 0 Å². The zero-order valence-electron chi connectivity index (χ0n) is 12.9. The van der Waals surface area contributed by atoms with Gasteiger partial charge in [-0.05, 0) is 32.1 Å². The minimum Gasteiger partial charge on any atom is -0.368 e. The third-order valence-corrected chi connectivity index (χ3v) is 3.57. The number of primary amides is 1. The first-order chi connectivity index (χ1) is 9.56. The lowest BCUT2D eigenvalue weighted by atomic mass is 9.88. The molecule has 1 aromatic rings. The number of nitrogens with two attached hydrogens (primary N) is 1. The normalized spacial score (nSPS) is 14.2. The second-order valence-corrected chi connectivity index (χ2v) is 5.26. The molecule has 0 aliphatic carbocycles. The van der Waals surface area contributed by atoms with Crippen molar-refractivity contribution in [2.24, 2.45) is 5.73 Å². The molecule has 1 amide bonds. The van der Waals surface area contributed by atoms with E-state index in [0.717, 1.165) is 24.9 Å². The summed E-state index contributed by atoms with van der Waals surface area (Å²) in [6, 6.07) is 9.75. The zero-order chi connectivity index (χ0) is 15.0. The Morgan fingerprint density at radius 2 is 1.95 bits per heavy atom. The Morgan fingerprint density at radius 3 is 2.45 bits per heavy atom. The van der Waals surface area contributed by atoms with Crippen LogP contribution < -0.4 is 11.1 Å². The molecular weight excluding hydrogens is 250 g/mol. The van der Waals surface area contributed by atoms with Crippen LogP contribution in [0.1, 0.15) is 32.3 Å². The molecule has 1 aromatic carbocycles. The Kier molecular flexibility index (Phi) is 6.68. The third kappa shape index (κ3) is 4.05. The Morgan fingerprint density at radius 1 is 1.30 bits per heavy atom. The first-order valence-electron chi connectivity index (χ1n) is 7.35. The highest BCUT2D eigenvalue weighted by atomic mass is 16.1. The molecule has 0 fully saturated rings. The van der Waals surface area contributed by atoms with E-state index in [1.54, 1.807) is 0 Å². The molecule has 3 N–H and O–H groups in total. The molecular formula is C16H27N3O. The van der Waals surface area contributed by atoms with Gasteiger partial charge in [-0.15, -0.1) is 0 Å². The Bertz CT molecular complexity index is 407. The molecule has 0 aromatic heterocycles. The van der Waals surface area contributed by atoms with Gasteiger partial charge in [0.25, 0.3) is 0 Å². The fourth-order valence-corrected chi connectivity index (χ4v) is 2.49. The maximum atomic E-state index is 12.2. The summed E-state index contributed by atoms with van der Waals surface area (Å²) in [6.07, 6.45) is 2.26. The lowest BCUT2D eigenvalue weighted by Crippen LogP contribution is -2.58. The zero-order valence-corrected chi connectivity index (χ0v) is 12.9. The van der Waals surface area contributed by atoms with Crippen molar-refractivity contribution in [1.82, 2.24) is 10.2 Å². The van der Waals surface area contributed by atoms with E-state index in [4.69, 9.17) is 5.73 Å². The van der Waals surface area contributed by atoms with Crippen LogP contribution in [0.5, 0.6) is 0 Å². The summed E-state index contributed by atoms with van der Waals surface area (Å²) >= 11 is 0. The standard InChI is InChI=1S/C16H27N3O/c1-4-6-12-19(3)13-16(15(17)20,18-5-2)14-10-8-7-9-11-14/h7-11,18H,4-6,12-13H2,1-3H3,(H2,17,20). The lowest BCUT2D eigenvalue weighted by Gasteiger charge is -2.35. The summed E-state index contributed by atoms with van der Waals surface area (Å²) in [5, 5.41) is 3.30. The average molecular weight is 277 g/mol. The van der Waals surface area contributed by atoms with Crippen LogP contribution in [-0.4, -0.2) is 37.5 Å². The average Bonchev–Trinajstić information content (AvgIpc) is 2.45. The van der Waals surface area contributed by atoms with E-state index in [-0.39, 0.29) is 5.91 Å². The first-order valence-corrected chi connectivity index (χ1v) is 7.35. The summed E-state index contributed by atoms with van der Waals surface area (Å²) < 4.78 is 0. The fourth-order valence-electron chi connectivity index (χ4n) is 2.49. The number of nitrogens with one attached hydrogen (secondary N) is 1. The highest BCUT2D eigenvalue weighted by Crippen LogP contribution is 2.22. The van der Waals surface area contributed by atoms with E-state index < -0.39 is 5.54 Å². The predicted molar refractivity (Wildman–Crippen MR) is 83.4 cm³/mol. The molecule has 0 aliphatic heterocycles. The molecule has 0 radical (unpaired) electrons. The molecule has 1 atom stereocenters. The molecule has 0 aliphatic rings. The molecule has 20 heavy (non-hydrogen) atoms. The van der Waals surface area contributed by atoms with Gasteiger partial charge in [0.05, 0.1) is 0 Å². The van der Waals surface area contributed by atoms with Gasteiger partial charge in [0, 0.05) is 6.54 Å². The van der Waals surface area contributed by atoms with Crippen molar-refractivity contribution in [2.75, 3.05) is 26.7 Å². The number of likely N-dealkylation sites (N-methyl/N-ethyl adjacent to an activating group) is 2. The van der Waals surface area contributed by atoms with Crippen molar-refractivity contribution in [3.8, 4) is 0 Å². The van der Waals surface area contributed by atoms with E-state index in [2.05, 4.69) is 17.1 Å². The highest BCUT2D eigenvalue weighted by Gasteiger charge is 2.38. The van der Waals surface area contributed by atoms with Crippen molar-refractivity contribution in [1.29, 1.82) is 0 Å². The Hall–Kier alpha value is -1.39. The molecule has 1 rings (SSSR count). The van der Waals surface area contributed by atoms with E-state index in [0.29, 0.717) is 13.1 Å². The van der Waals surface area contributed by atoms with Crippen molar-refractivity contribution >= 4 is 5.91 Å². The van der Waals surface area contributed by atoms with Crippen LogP contribution in [0.4, 0.5) is 0 Å². The third-order valence-electron chi connectivity index (χ3n) is 3.57.